The van der Waals surface area contributed by atoms with Gasteiger partial charge in [-0.15, -0.1) is 0 Å². The van der Waals surface area contributed by atoms with Crippen molar-refractivity contribution in [3.05, 3.63) is 53.4 Å². The van der Waals surface area contributed by atoms with E-state index in [4.69, 9.17) is 0 Å². The highest BCUT2D eigenvalue weighted by Gasteiger charge is 2.38. The smallest absolute Gasteiger partial charge is 0.256 e. The second-order valence-corrected chi connectivity index (χ2v) is 7.66. The van der Waals surface area contributed by atoms with Gasteiger partial charge >= 0.3 is 0 Å². The first kappa shape index (κ1) is 22.3. The van der Waals surface area contributed by atoms with E-state index in [0.717, 1.165) is 30.1 Å². The predicted octanol–water partition coefficient (Wildman–Crippen LogP) is 4.97. The van der Waals surface area contributed by atoms with Crippen molar-refractivity contribution in [3.8, 4) is 0 Å². The molecule has 0 atom stereocenters. The third kappa shape index (κ3) is 5.31. The lowest BCUT2D eigenvalue weighted by Gasteiger charge is -2.20. The van der Waals surface area contributed by atoms with Crippen LogP contribution in [0.4, 0.5) is 10.1 Å². The Balaban J connectivity index is 2.33. The molecule has 0 unspecified atom stereocenters. The molecule has 1 aromatic rings. The van der Waals surface area contributed by atoms with E-state index in [-0.39, 0.29) is 17.1 Å². The van der Waals surface area contributed by atoms with Gasteiger partial charge in [0.2, 0.25) is 0 Å². The van der Waals surface area contributed by atoms with E-state index in [1.807, 2.05) is 20.8 Å². The van der Waals surface area contributed by atoms with Crippen LogP contribution in [0.2, 0.25) is 0 Å². The fourth-order valence-electron chi connectivity index (χ4n) is 2.96. The molecule has 2 rings (SSSR count). The second kappa shape index (κ2) is 9.03. The van der Waals surface area contributed by atoms with Crippen LogP contribution < -0.4 is 10.6 Å². The van der Waals surface area contributed by atoms with E-state index >= 15 is 0 Å². The molecule has 0 radical (unpaired) electrons. The molecule has 1 aliphatic carbocycles. The molecule has 2 N–H and O–H groups in total. The Labute approximate surface area is 172 Å². The van der Waals surface area contributed by atoms with Crippen molar-refractivity contribution >= 4 is 24.0 Å². The van der Waals surface area contributed by atoms with E-state index in [1.54, 1.807) is 13.1 Å². The number of hydrogen-bond acceptors (Lipinski definition) is 4. The summed E-state index contributed by atoms with van der Waals surface area (Å²) in [5.74, 6) is -0.106. The molecule has 7 heteroatoms. The van der Waals surface area contributed by atoms with Gasteiger partial charge in [0.15, 0.2) is 0 Å². The summed E-state index contributed by atoms with van der Waals surface area (Å²) in [6.45, 7) is 16.6. The number of amides is 1. The maximum atomic E-state index is 13.7. The Morgan fingerprint density at radius 2 is 2.07 bits per heavy atom. The summed E-state index contributed by atoms with van der Waals surface area (Å²) in [6, 6.07) is 0. The average Bonchev–Trinajstić information content (AvgIpc) is 3.23. The molecule has 1 saturated carbocycles. The number of nitrogens with zero attached hydrogens (tertiary/aromatic N) is 3. The topological polar surface area (TPSA) is 71.3 Å². The fourth-order valence-corrected chi connectivity index (χ4v) is 2.96. The van der Waals surface area contributed by atoms with Crippen LogP contribution in [0.1, 0.15) is 53.9 Å². The maximum absolute atomic E-state index is 13.7. The largest absolute Gasteiger partial charge is 0.365 e. The van der Waals surface area contributed by atoms with Crippen LogP contribution >= 0.6 is 0 Å². The van der Waals surface area contributed by atoms with Gasteiger partial charge in [0, 0.05) is 16.7 Å². The third-order valence-electron chi connectivity index (χ3n) is 4.96. The Bertz CT molecular complexity index is 911. The van der Waals surface area contributed by atoms with Crippen LogP contribution in [0.3, 0.4) is 0 Å². The van der Waals surface area contributed by atoms with Crippen molar-refractivity contribution in [2.75, 3.05) is 5.32 Å². The highest BCUT2D eigenvalue weighted by molar-refractivity contribution is 6.07. The first-order valence-electron chi connectivity index (χ1n) is 9.66. The van der Waals surface area contributed by atoms with E-state index in [1.165, 1.54) is 10.9 Å². The SMILES string of the molecule is C=C/C(F)=C(\C)n1cc(NC(=O)C(=C(C)C)/C(CC)=C(/N=C)NC2(C)CC2)cn1. The van der Waals surface area contributed by atoms with Crippen LogP contribution in [0.25, 0.3) is 5.70 Å². The van der Waals surface area contributed by atoms with Gasteiger partial charge in [-0.1, -0.05) is 19.1 Å². The molecule has 1 fully saturated rings. The Hall–Kier alpha value is -2.96. The van der Waals surface area contributed by atoms with Crippen LogP contribution in [0.15, 0.2) is 58.4 Å². The van der Waals surface area contributed by atoms with Crippen molar-refractivity contribution in [3.63, 3.8) is 0 Å². The number of hydrogen-bond donors (Lipinski definition) is 2. The standard InChI is InChI=1S/C22H30FN5O/c1-8-17(20(24-7)27-22(6)10-11-22)19(14(3)4)21(29)26-16-12-25-28(13-16)15(5)18(23)9-2/h9,12-13,27H,2,7-8,10-11H2,1,3-6H3,(H,26,29)/b18-15-,20-17-. The molecule has 1 aromatic heterocycles. The van der Waals surface area contributed by atoms with Gasteiger partial charge in [0.05, 0.1) is 23.8 Å². The molecule has 156 valence electrons. The minimum atomic E-state index is -0.478. The molecule has 1 heterocycles. The molecule has 0 saturated heterocycles. The summed E-state index contributed by atoms with van der Waals surface area (Å²) in [5.41, 5.74) is 3.01. The summed E-state index contributed by atoms with van der Waals surface area (Å²) >= 11 is 0. The normalized spacial score (nSPS) is 16.2. The Morgan fingerprint density at radius 1 is 1.41 bits per heavy atom. The second-order valence-electron chi connectivity index (χ2n) is 7.66. The molecule has 6 nitrogen and oxygen atoms in total. The van der Waals surface area contributed by atoms with Crippen LogP contribution in [-0.4, -0.2) is 27.9 Å². The van der Waals surface area contributed by atoms with Crippen molar-refractivity contribution < 1.29 is 9.18 Å². The fraction of sp³-hybridized carbons (Fsp3) is 0.409. The van der Waals surface area contributed by atoms with Gasteiger partial charge in [0.1, 0.15) is 11.6 Å². The monoisotopic (exact) mass is 399 g/mol. The maximum Gasteiger partial charge on any atom is 0.256 e. The Morgan fingerprint density at radius 3 is 2.55 bits per heavy atom. The quantitative estimate of drug-likeness (QED) is 0.350. The summed E-state index contributed by atoms with van der Waals surface area (Å²) in [5, 5.41) is 10.4. The molecule has 0 bridgehead atoms. The lowest BCUT2D eigenvalue weighted by atomic mass is 9.97. The van der Waals surface area contributed by atoms with E-state index in [2.05, 4.69) is 40.9 Å². The number of anilines is 1. The van der Waals surface area contributed by atoms with Crippen molar-refractivity contribution in [1.29, 1.82) is 0 Å². The third-order valence-corrected chi connectivity index (χ3v) is 4.96. The van der Waals surface area contributed by atoms with Gasteiger partial charge in [-0.25, -0.2) is 14.1 Å². The van der Waals surface area contributed by atoms with Crippen LogP contribution in [-0.2, 0) is 4.79 Å². The van der Waals surface area contributed by atoms with Crippen molar-refractivity contribution in [2.24, 2.45) is 4.99 Å². The molecule has 0 spiro atoms. The lowest BCUT2D eigenvalue weighted by molar-refractivity contribution is -0.112. The zero-order chi connectivity index (χ0) is 21.8. The van der Waals surface area contributed by atoms with Crippen molar-refractivity contribution in [1.82, 2.24) is 15.1 Å². The zero-order valence-corrected chi connectivity index (χ0v) is 17.9. The number of carbonyl (C=O) groups excluding carboxylic acids is 1. The summed E-state index contributed by atoms with van der Waals surface area (Å²) in [6.07, 6.45) is 6.90. The molecule has 1 amide bonds. The number of rotatable bonds is 9. The molecule has 1 aliphatic rings. The number of allylic oxidation sites excluding steroid dienone is 4. The Kier molecular flexibility index (Phi) is 6.95. The minimum Gasteiger partial charge on any atom is -0.365 e. The lowest BCUT2D eigenvalue weighted by Crippen LogP contribution is -2.29. The molecular weight excluding hydrogens is 369 g/mol. The zero-order valence-electron chi connectivity index (χ0n) is 17.9. The number of aliphatic imine (C=N–C) groups is 1. The number of nitrogens with one attached hydrogen (secondary N) is 2. The van der Waals surface area contributed by atoms with Gasteiger partial charge in [-0.3, -0.25) is 4.79 Å². The summed E-state index contributed by atoms with van der Waals surface area (Å²) in [7, 11) is 0. The first-order valence-corrected chi connectivity index (χ1v) is 9.66. The van der Waals surface area contributed by atoms with Gasteiger partial charge < -0.3 is 10.6 Å². The highest BCUT2D eigenvalue weighted by Crippen LogP contribution is 2.36. The molecule has 0 aromatic carbocycles. The van der Waals surface area contributed by atoms with Crippen LogP contribution in [0.5, 0.6) is 0 Å². The van der Waals surface area contributed by atoms with Crippen molar-refractivity contribution in [2.45, 2.75) is 59.4 Å². The first-order chi connectivity index (χ1) is 13.7. The molecule has 0 aliphatic heterocycles. The molecule has 29 heavy (non-hydrogen) atoms. The molecular formula is C22H30FN5O. The summed E-state index contributed by atoms with van der Waals surface area (Å²) in [4.78, 5) is 17.3. The van der Waals surface area contributed by atoms with Crippen LogP contribution in [0, 0.1) is 0 Å². The van der Waals surface area contributed by atoms with Gasteiger partial charge in [0.25, 0.3) is 5.91 Å². The average molecular weight is 400 g/mol. The van der Waals surface area contributed by atoms with Gasteiger partial charge in [-0.2, -0.15) is 5.10 Å². The van der Waals surface area contributed by atoms with E-state index < -0.39 is 5.83 Å². The van der Waals surface area contributed by atoms with E-state index in [0.29, 0.717) is 23.5 Å². The summed E-state index contributed by atoms with van der Waals surface area (Å²) < 4.78 is 15.1. The number of halogens is 1. The number of aromatic nitrogens is 2. The van der Waals surface area contributed by atoms with E-state index in [9.17, 15) is 9.18 Å². The predicted molar refractivity (Wildman–Crippen MR) is 117 cm³/mol. The number of carbonyl (C=O) groups is 1. The highest BCUT2D eigenvalue weighted by atomic mass is 19.1. The minimum absolute atomic E-state index is 0.0143. The van der Waals surface area contributed by atoms with Gasteiger partial charge in [-0.05, 0) is 59.8 Å².